The molecule has 0 saturated carbocycles. The Balaban J connectivity index is 1.87. The van der Waals surface area contributed by atoms with Gasteiger partial charge in [0.15, 0.2) is 6.17 Å². The monoisotopic (exact) mass is 459 g/mol. The Morgan fingerprint density at radius 3 is 2.27 bits per heavy atom. The first kappa shape index (κ1) is 23.7. The second-order valence-corrected chi connectivity index (χ2v) is 6.98. The highest BCUT2D eigenvalue weighted by atomic mass is 19.1. The minimum atomic E-state index is -1.83. The molecule has 33 heavy (non-hydrogen) atoms. The van der Waals surface area contributed by atoms with Crippen LogP contribution in [0.1, 0.15) is 34.5 Å². The van der Waals surface area contributed by atoms with Crippen LogP contribution in [0.2, 0.25) is 0 Å². The van der Waals surface area contributed by atoms with Gasteiger partial charge in [0.25, 0.3) is 0 Å². The zero-order valence-corrected chi connectivity index (χ0v) is 17.0. The van der Waals surface area contributed by atoms with E-state index in [0.717, 1.165) is 29.5 Å². The molecule has 0 bridgehead atoms. The molecule has 0 amide bonds. The molecular formula is C23H18F5N5. The summed E-state index contributed by atoms with van der Waals surface area (Å²) in [6.45, 7) is -0.239. The van der Waals surface area contributed by atoms with E-state index in [0.29, 0.717) is 17.7 Å². The van der Waals surface area contributed by atoms with Crippen LogP contribution in [-0.4, -0.2) is 22.9 Å². The molecule has 0 saturated heterocycles. The molecule has 1 aromatic heterocycles. The minimum Gasteiger partial charge on any atom is -0.322 e. The molecule has 0 aliphatic carbocycles. The van der Waals surface area contributed by atoms with Crippen molar-refractivity contribution in [2.75, 3.05) is 6.54 Å². The Labute approximate surface area is 186 Å². The molecule has 0 radical (unpaired) electrons. The van der Waals surface area contributed by atoms with Gasteiger partial charge in [-0.1, -0.05) is 17.9 Å². The van der Waals surface area contributed by atoms with Crippen LogP contribution < -0.4 is 11.7 Å². The third kappa shape index (κ3) is 6.05. The second kappa shape index (κ2) is 10.6. The fraction of sp³-hybridized carbons (Fsp3) is 0.130. The van der Waals surface area contributed by atoms with Gasteiger partial charge in [0, 0.05) is 36.4 Å². The largest absolute Gasteiger partial charge is 0.322 e. The molecule has 0 spiro atoms. The fourth-order valence-electron chi connectivity index (χ4n) is 3.09. The summed E-state index contributed by atoms with van der Waals surface area (Å²) in [5.41, 5.74) is 0.165. The third-order valence-corrected chi connectivity index (χ3v) is 4.68. The minimum absolute atomic E-state index is 0.0136. The Bertz CT molecular complexity index is 1200. The highest BCUT2D eigenvalue weighted by molar-refractivity contribution is 5.53. The highest BCUT2D eigenvalue weighted by Crippen LogP contribution is 2.35. The lowest BCUT2D eigenvalue weighted by atomic mass is 9.91. The van der Waals surface area contributed by atoms with E-state index in [1.165, 1.54) is 24.4 Å². The molecule has 3 rings (SSSR count). The normalized spacial score (nSPS) is 12.8. The number of rotatable bonds is 6. The first-order valence-corrected chi connectivity index (χ1v) is 9.55. The standard InChI is InChI=1S/C23H18F5N5/c24-16-5-4-15(20(26)9-16)3-1-14-2-8-22(31-11-14)23(28)19(12-33(30)13-32-29)18-7-6-17(25)10-21(18)27/h2,4-11,13,19,23H,12,29-30H2/b32-13-. The van der Waals surface area contributed by atoms with E-state index in [1.807, 2.05) is 0 Å². The lowest BCUT2D eigenvalue weighted by Crippen LogP contribution is -2.35. The van der Waals surface area contributed by atoms with Gasteiger partial charge in [-0.25, -0.2) is 27.8 Å². The van der Waals surface area contributed by atoms with Crippen LogP contribution in [0.25, 0.3) is 0 Å². The molecule has 3 aromatic rings. The number of nitrogens with two attached hydrogens (primary N) is 2. The average Bonchev–Trinajstić information content (AvgIpc) is 2.77. The molecular weight excluding hydrogens is 441 g/mol. The summed E-state index contributed by atoms with van der Waals surface area (Å²) in [7, 11) is 0. The summed E-state index contributed by atoms with van der Waals surface area (Å²) in [6, 6.07) is 8.56. The highest BCUT2D eigenvalue weighted by Gasteiger charge is 2.29. The van der Waals surface area contributed by atoms with Gasteiger partial charge in [0.2, 0.25) is 0 Å². The molecule has 0 aliphatic heterocycles. The fourth-order valence-corrected chi connectivity index (χ4v) is 3.09. The number of hydrogen-bond donors (Lipinski definition) is 2. The number of nitrogens with zero attached hydrogens (tertiary/aromatic N) is 3. The first-order valence-electron chi connectivity index (χ1n) is 9.55. The van der Waals surface area contributed by atoms with Crippen LogP contribution in [0.3, 0.4) is 0 Å². The summed E-state index contributed by atoms with van der Waals surface area (Å²) in [5, 5.41) is 4.21. The summed E-state index contributed by atoms with van der Waals surface area (Å²) in [6.07, 6.45) is 0.455. The Morgan fingerprint density at radius 1 is 0.970 bits per heavy atom. The van der Waals surface area contributed by atoms with E-state index in [-0.39, 0.29) is 23.4 Å². The molecule has 2 aromatic carbocycles. The molecule has 1 heterocycles. The predicted molar refractivity (Wildman–Crippen MR) is 113 cm³/mol. The summed E-state index contributed by atoms with van der Waals surface area (Å²) >= 11 is 0. The van der Waals surface area contributed by atoms with E-state index >= 15 is 4.39 Å². The van der Waals surface area contributed by atoms with Gasteiger partial charge < -0.3 is 5.84 Å². The Hall–Kier alpha value is -3.97. The maximum Gasteiger partial charge on any atom is 0.151 e. The van der Waals surface area contributed by atoms with Crippen LogP contribution in [0.5, 0.6) is 0 Å². The average molecular weight is 459 g/mol. The van der Waals surface area contributed by atoms with E-state index in [4.69, 9.17) is 11.7 Å². The number of aromatic nitrogens is 1. The van der Waals surface area contributed by atoms with Crippen LogP contribution in [-0.2, 0) is 0 Å². The van der Waals surface area contributed by atoms with Crippen molar-refractivity contribution in [2.24, 2.45) is 16.8 Å². The molecule has 4 N–H and O–H groups in total. The van der Waals surface area contributed by atoms with Gasteiger partial charge in [0.05, 0.1) is 11.3 Å². The molecule has 5 nitrogen and oxygen atoms in total. The van der Waals surface area contributed by atoms with Crippen molar-refractivity contribution in [2.45, 2.75) is 12.1 Å². The maximum absolute atomic E-state index is 15.4. The number of alkyl halides is 1. The lowest BCUT2D eigenvalue weighted by molar-refractivity contribution is 0.241. The van der Waals surface area contributed by atoms with Crippen molar-refractivity contribution in [3.05, 3.63) is 100 Å². The van der Waals surface area contributed by atoms with Gasteiger partial charge in [-0.05, 0) is 35.9 Å². The molecule has 2 atom stereocenters. The van der Waals surface area contributed by atoms with Crippen LogP contribution >= 0.6 is 0 Å². The molecule has 10 heteroatoms. The van der Waals surface area contributed by atoms with Crippen molar-refractivity contribution in [1.82, 2.24) is 9.99 Å². The van der Waals surface area contributed by atoms with Gasteiger partial charge in [-0.15, -0.1) is 0 Å². The third-order valence-electron chi connectivity index (χ3n) is 4.68. The van der Waals surface area contributed by atoms with E-state index < -0.39 is 35.4 Å². The lowest BCUT2D eigenvalue weighted by Gasteiger charge is -2.25. The van der Waals surface area contributed by atoms with Crippen molar-refractivity contribution < 1.29 is 22.0 Å². The van der Waals surface area contributed by atoms with E-state index in [1.54, 1.807) is 0 Å². The quantitative estimate of drug-likeness (QED) is 0.146. The number of halogens is 5. The van der Waals surface area contributed by atoms with Gasteiger partial charge in [-0.2, -0.15) is 5.10 Å². The van der Waals surface area contributed by atoms with E-state index in [2.05, 4.69) is 21.9 Å². The number of hydrazine groups is 1. The van der Waals surface area contributed by atoms with Crippen LogP contribution in [0, 0.1) is 35.1 Å². The smallest absolute Gasteiger partial charge is 0.151 e. The van der Waals surface area contributed by atoms with Crippen molar-refractivity contribution in [1.29, 1.82) is 0 Å². The summed E-state index contributed by atoms with van der Waals surface area (Å²) in [4.78, 5) is 4.03. The predicted octanol–water partition coefficient (Wildman–Crippen LogP) is 3.91. The van der Waals surface area contributed by atoms with Crippen molar-refractivity contribution >= 4 is 6.34 Å². The SMILES string of the molecule is N/N=C\N(N)CC(c1ccc(F)cc1F)C(F)c1ccc(C#Cc2ccc(F)cc2F)cn1. The number of hydrogen-bond acceptors (Lipinski definition) is 4. The summed E-state index contributed by atoms with van der Waals surface area (Å²) < 4.78 is 69.8. The zero-order valence-electron chi connectivity index (χ0n) is 17.0. The van der Waals surface area contributed by atoms with E-state index in [9.17, 15) is 17.6 Å². The van der Waals surface area contributed by atoms with Gasteiger partial charge in [0.1, 0.15) is 29.6 Å². The molecule has 170 valence electrons. The van der Waals surface area contributed by atoms with Crippen LogP contribution in [0.4, 0.5) is 22.0 Å². The molecule has 2 unspecified atom stereocenters. The molecule has 0 aliphatic rings. The van der Waals surface area contributed by atoms with Gasteiger partial charge in [-0.3, -0.25) is 9.99 Å². The second-order valence-electron chi connectivity index (χ2n) is 6.98. The zero-order chi connectivity index (χ0) is 24.0. The topological polar surface area (TPSA) is 80.5 Å². The molecule has 0 fully saturated rings. The maximum atomic E-state index is 15.4. The van der Waals surface area contributed by atoms with Crippen LogP contribution in [0.15, 0.2) is 59.8 Å². The number of pyridine rings is 1. The van der Waals surface area contributed by atoms with Gasteiger partial charge >= 0.3 is 0 Å². The Morgan fingerprint density at radius 2 is 1.67 bits per heavy atom. The van der Waals surface area contributed by atoms with Crippen molar-refractivity contribution in [3.63, 3.8) is 0 Å². The van der Waals surface area contributed by atoms with Crippen molar-refractivity contribution in [3.8, 4) is 11.8 Å². The Kier molecular flexibility index (Phi) is 7.58. The summed E-state index contributed by atoms with van der Waals surface area (Å²) in [5.74, 6) is 11.5. The first-order chi connectivity index (χ1) is 15.8. The number of benzene rings is 2. The number of hydrazone groups is 1.